The number of carbonyl (C=O) groups excluding carboxylic acids is 1. The molecule has 1 aromatic carbocycles. The molecule has 0 bridgehead atoms. The van der Waals surface area contributed by atoms with Crippen LogP contribution in [0, 0.1) is 19.7 Å². The van der Waals surface area contributed by atoms with Crippen molar-refractivity contribution >= 4 is 5.91 Å². The third-order valence-corrected chi connectivity index (χ3v) is 3.33. The molecule has 0 saturated carbocycles. The highest BCUT2D eigenvalue weighted by atomic mass is 19.1. The van der Waals surface area contributed by atoms with Crippen molar-refractivity contribution in [1.82, 2.24) is 10.6 Å². The molecule has 20 heavy (non-hydrogen) atoms. The lowest BCUT2D eigenvalue weighted by molar-refractivity contribution is -0.122. The summed E-state index contributed by atoms with van der Waals surface area (Å²) < 4.78 is 13.5. The van der Waals surface area contributed by atoms with Crippen LogP contribution in [0.2, 0.25) is 0 Å². The summed E-state index contributed by atoms with van der Waals surface area (Å²) in [6.07, 6.45) is 2.06. The first-order valence-electron chi connectivity index (χ1n) is 7.22. The molecule has 4 heteroatoms. The van der Waals surface area contributed by atoms with E-state index in [1.165, 1.54) is 0 Å². The molecule has 1 amide bonds. The van der Waals surface area contributed by atoms with E-state index in [2.05, 4.69) is 17.6 Å². The monoisotopic (exact) mass is 280 g/mol. The van der Waals surface area contributed by atoms with E-state index in [-0.39, 0.29) is 17.8 Å². The highest BCUT2D eigenvalue weighted by molar-refractivity contribution is 5.81. The van der Waals surface area contributed by atoms with Gasteiger partial charge in [0.15, 0.2) is 0 Å². The summed E-state index contributed by atoms with van der Waals surface area (Å²) in [5.74, 6) is -0.145. The largest absolute Gasteiger partial charge is 0.355 e. The van der Waals surface area contributed by atoms with Gasteiger partial charge in [-0.1, -0.05) is 25.5 Å². The van der Waals surface area contributed by atoms with Crippen LogP contribution in [0.3, 0.4) is 0 Å². The highest BCUT2D eigenvalue weighted by Gasteiger charge is 2.12. The van der Waals surface area contributed by atoms with E-state index in [1.807, 2.05) is 19.1 Å². The number of hydrogen-bond donors (Lipinski definition) is 2. The molecule has 0 radical (unpaired) electrons. The average molecular weight is 280 g/mol. The van der Waals surface area contributed by atoms with E-state index in [0.717, 1.165) is 24.9 Å². The van der Waals surface area contributed by atoms with Crippen molar-refractivity contribution in [3.63, 3.8) is 0 Å². The van der Waals surface area contributed by atoms with Gasteiger partial charge in [-0.3, -0.25) is 4.79 Å². The third kappa shape index (κ3) is 4.93. The Morgan fingerprint density at radius 3 is 2.45 bits per heavy atom. The lowest BCUT2D eigenvalue weighted by Crippen LogP contribution is -2.42. The Bertz CT molecular complexity index is 437. The van der Waals surface area contributed by atoms with Crippen LogP contribution < -0.4 is 10.6 Å². The molecular formula is C16H25FN2O. The maximum atomic E-state index is 13.5. The predicted octanol–water partition coefficient (Wildman–Crippen LogP) is 2.84. The zero-order chi connectivity index (χ0) is 15.1. The van der Waals surface area contributed by atoms with Gasteiger partial charge in [0.2, 0.25) is 5.91 Å². The predicted molar refractivity (Wildman–Crippen MR) is 80.1 cm³/mol. The molecule has 0 aliphatic heterocycles. The van der Waals surface area contributed by atoms with E-state index in [9.17, 15) is 9.18 Å². The Morgan fingerprint density at radius 1 is 1.30 bits per heavy atom. The molecule has 0 aliphatic carbocycles. The molecule has 1 unspecified atom stereocenters. The fourth-order valence-electron chi connectivity index (χ4n) is 2.04. The average Bonchev–Trinajstić information content (AvgIpc) is 2.42. The number of carbonyl (C=O) groups is 1. The van der Waals surface area contributed by atoms with Crippen molar-refractivity contribution in [3.8, 4) is 0 Å². The zero-order valence-corrected chi connectivity index (χ0v) is 12.8. The van der Waals surface area contributed by atoms with Gasteiger partial charge in [0.25, 0.3) is 0 Å². The molecule has 1 rings (SSSR count). The standard InChI is InChI=1S/C16H25FN2O/c1-5-6-7-18-16(20)13(4)19-10-14-8-11(2)15(17)12(3)9-14/h8-9,13,19H,5-7,10H2,1-4H3,(H,18,20). The molecule has 1 aromatic rings. The topological polar surface area (TPSA) is 41.1 Å². The van der Waals surface area contributed by atoms with Crippen LogP contribution in [0.15, 0.2) is 12.1 Å². The number of rotatable bonds is 7. The van der Waals surface area contributed by atoms with E-state index >= 15 is 0 Å². The minimum Gasteiger partial charge on any atom is -0.355 e. The van der Waals surface area contributed by atoms with Gasteiger partial charge in [-0.2, -0.15) is 0 Å². The van der Waals surface area contributed by atoms with Gasteiger partial charge in [0.1, 0.15) is 5.82 Å². The molecule has 0 aliphatic rings. The lowest BCUT2D eigenvalue weighted by Gasteiger charge is -2.15. The number of unbranched alkanes of at least 4 members (excludes halogenated alkanes) is 1. The first-order chi connectivity index (χ1) is 9.45. The second-order valence-corrected chi connectivity index (χ2v) is 5.29. The normalized spacial score (nSPS) is 12.2. The number of halogens is 1. The van der Waals surface area contributed by atoms with Crippen LogP contribution in [0.25, 0.3) is 0 Å². The second-order valence-electron chi connectivity index (χ2n) is 5.29. The summed E-state index contributed by atoms with van der Waals surface area (Å²) in [6, 6.07) is 3.38. The van der Waals surface area contributed by atoms with Crippen LogP contribution in [0.5, 0.6) is 0 Å². The van der Waals surface area contributed by atoms with Crippen molar-refractivity contribution in [2.75, 3.05) is 6.54 Å². The molecule has 0 saturated heterocycles. The van der Waals surface area contributed by atoms with Crippen LogP contribution in [0.4, 0.5) is 4.39 Å². The number of aryl methyl sites for hydroxylation is 2. The zero-order valence-electron chi connectivity index (χ0n) is 12.8. The fraction of sp³-hybridized carbons (Fsp3) is 0.562. The van der Waals surface area contributed by atoms with Gasteiger partial charge in [-0.15, -0.1) is 0 Å². The minimum absolute atomic E-state index is 0.00834. The molecule has 0 aromatic heterocycles. The van der Waals surface area contributed by atoms with Crippen LogP contribution in [0.1, 0.15) is 43.4 Å². The fourth-order valence-corrected chi connectivity index (χ4v) is 2.04. The Hall–Kier alpha value is -1.42. The van der Waals surface area contributed by atoms with Gasteiger partial charge < -0.3 is 10.6 Å². The van der Waals surface area contributed by atoms with Crippen molar-refractivity contribution in [2.24, 2.45) is 0 Å². The third-order valence-electron chi connectivity index (χ3n) is 3.33. The summed E-state index contributed by atoms with van der Waals surface area (Å²) in [6.45, 7) is 8.72. The number of amides is 1. The number of benzene rings is 1. The summed E-state index contributed by atoms with van der Waals surface area (Å²) >= 11 is 0. The second kappa shape index (κ2) is 8.00. The molecule has 2 N–H and O–H groups in total. The SMILES string of the molecule is CCCCNC(=O)C(C)NCc1cc(C)c(F)c(C)c1. The van der Waals surface area contributed by atoms with Gasteiger partial charge in [0.05, 0.1) is 6.04 Å². The quantitative estimate of drug-likeness (QED) is 0.754. The Balaban J connectivity index is 2.48. The van der Waals surface area contributed by atoms with Crippen molar-refractivity contribution in [3.05, 3.63) is 34.6 Å². The van der Waals surface area contributed by atoms with Crippen LogP contribution >= 0.6 is 0 Å². The molecular weight excluding hydrogens is 255 g/mol. The molecule has 0 heterocycles. The van der Waals surface area contributed by atoms with E-state index in [4.69, 9.17) is 0 Å². The molecule has 3 nitrogen and oxygen atoms in total. The summed E-state index contributed by atoms with van der Waals surface area (Å²) in [5.41, 5.74) is 2.28. The summed E-state index contributed by atoms with van der Waals surface area (Å²) in [4.78, 5) is 11.8. The smallest absolute Gasteiger partial charge is 0.236 e. The minimum atomic E-state index is -0.252. The van der Waals surface area contributed by atoms with Gasteiger partial charge >= 0.3 is 0 Å². The van der Waals surface area contributed by atoms with E-state index in [0.29, 0.717) is 17.7 Å². The maximum Gasteiger partial charge on any atom is 0.236 e. The molecule has 0 spiro atoms. The Kier molecular flexibility index (Phi) is 6.65. The van der Waals surface area contributed by atoms with Crippen molar-refractivity contribution < 1.29 is 9.18 Å². The maximum absolute atomic E-state index is 13.5. The van der Waals surface area contributed by atoms with Gasteiger partial charge in [-0.05, 0) is 43.9 Å². The molecule has 1 atom stereocenters. The molecule has 112 valence electrons. The van der Waals surface area contributed by atoms with E-state index < -0.39 is 0 Å². The van der Waals surface area contributed by atoms with Crippen LogP contribution in [-0.4, -0.2) is 18.5 Å². The lowest BCUT2D eigenvalue weighted by atomic mass is 10.1. The van der Waals surface area contributed by atoms with E-state index in [1.54, 1.807) is 13.8 Å². The Labute approximate surface area is 121 Å². The first-order valence-corrected chi connectivity index (χ1v) is 7.22. The number of hydrogen-bond acceptors (Lipinski definition) is 2. The Morgan fingerprint density at radius 2 is 1.90 bits per heavy atom. The summed E-state index contributed by atoms with van der Waals surface area (Å²) in [5, 5.41) is 6.06. The summed E-state index contributed by atoms with van der Waals surface area (Å²) in [7, 11) is 0. The van der Waals surface area contributed by atoms with Gasteiger partial charge in [0, 0.05) is 13.1 Å². The number of nitrogens with one attached hydrogen (secondary N) is 2. The van der Waals surface area contributed by atoms with Crippen LogP contribution in [-0.2, 0) is 11.3 Å². The van der Waals surface area contributed by atoms with Crippen molar-refractivity contribution in [2.45, 2.75) is 53.1 Å². The van der Waals surface area contributed by atoms with Crippen molar-refractivity contribution in [1.29, 1.82) is 0 Å². The van der Waals surface area contributed by atoms with Gasteiger partial charge in [-0.25, -0.2) is 4.39 Å². The highest BCUT2D eigenvalue weighted by Crippen LogP contribution is 2.14. The first kappa shape index (κ1) is 16.6. The molecule has 0 fully saturated rings.